The van der Waals surface area contributed by atoms with Crippen LogP contribution in [-0.4, -0.2) is 50.5 Å². The minimum atomic E-state index is -0.919. The van der Waals surface area contributed by atoms with E-state index in [-0.39, 0.29) is 17.8 Å². The Hall–Kier alpha value is -3.46. The number of aromatic amines is 2. The summed E-state index contributed by atoms with van der Waals surface area (Å²) in [5.41, 5.74) is -0.513. The quantitative estimate of drug-likeness (QED) is 0.428. The fourth-order valence-electron chi connectivity index (χ4n) is 1.48. The van der Waals surface area contributed by atoms with Gasteiger partial charge in [0.2, 0.25) is 0 Å². The molecule has 0 radical (unpaired) electrons. The van der Waals surface area contributed by atoms with Crippen LogP contribution in [0.1, 0.15) is 13.0 Å². The van der Waals surface area contributed by atoms with Crippen molar-refractivity contribution in [1.82, 2.24) is 40.4 Å². The molecular formula is C5H8N12O4. The molecule has 0 aliphatic rings. The molecule has 2 rings (SSSR count). The van der Waals surface area contributed by atoms with Gasteiger partial charge in [-0.05, 0) is 17.4 Å². The molecule has 0 bridgehead atoms. The molecule has 2 aromatic rings. The summed E-state index contributed by atoms with van der Waals surface area (Å²) in [7, 11) is 0. The Bertz CT molecular complexity index is 776. The molecule has 1 unspecified atom stereocenters. The van der Waals surface area contributed by atoms with Gasteiger partial charge >= 0.3 is 11.2 Å². The maximum Gasteiger partial charge on any atom is 0.337 e. The number of aromatic nitrogens is 8. The summed E-state index contributed by atoms with van der Waals surface area (Å²) in [5, 5.41) is 43.4. The normalized spacial score (nSPS) is 14.3. The summed E-state index contributed by atoms with van der Waals surface area (Å²) >= 11 is 0. The van der Waals surface area contributed by atoms with Crippen LogP contribution in [0.25, 0.3) is 0 Å². The van der Waals surface area contributed by atoms with Gasteiger partial charge < -0.3 is 0 Å². The minimum Gasteiger partial charge on any atom is -0.233 e. The molecule has 0 aliphatic carbocycles. The van der Waals surface area contributed by atoms with Gasteiger partial charge in [0.1, 0.15) is 10.2 Å². The highest BCUT2D eigenvalue weighted by Crippen LogP contribution is 2.00. The van der Waals surface area contributed by atoms with Crippen molar-refractivity contribution in [2.24, 2.45) is 10.2 Å². The van der Waals surface area contributed by atoms with E-state index in [1.165, 1.54) is 9.36 Å². The van der Waals surface area contributed by atoms with Gasteiger partial charge in [-0.1, -0.05) is 10.2 Å². The number of H-pyrrole nitrogens is 2. The lowest BCUT2D eigenvalue weighted by Gasteiger charge is -2.10. The van der Waals surface area contributed by atoms with E-state index in [0.29, 0.717) is 0 Å². The molecule has 112 valence electrons. The van der Waals surface area contributed by atoms with Crippen LogP contribution in [0.4, 0.5) is 0 Å². The molecule has 2 aromatic heterocycles. The van der Waals surface area contributed by atoms with Crippen LogP contribution < -0.4 is 11.2 Å². The number of rotatable bonds is 5. The van der Waals surface area contributed by atoms with Crippen molar-refractivity contribution in [3.05, 3.63) is 31.5 Å². The molecule has 0 fully saturated rings. The highest BCUT2D eigenvalue weighted by molar-refractivity contribution is 4.62. The lowest BCUT2D eigenvalue weighted by Crippen LogP contribution is -2.31. The van der Waals surface area contributed by atoms with E-state index in [1.54, 1.807) is 6.92 Å². The predicted molar refractivity (Wildman–Crippen MR) is 58.6 cm³/mol. The number of nitrogens with one attached hydrogen (secondary N) is 2. The van der Waals surface area contributed by atoms with Crippen LogP contribution in [-0.2, 0) is 6.54 Å². The van der Waals surface area contributed by atoms with Gasteiger partial charge in [0.05, 0.1) is 12.6 Å². The second-order valence-corrected chi connectivity index (χ2v) is 3.71. The first-order chi connectivity index (χ1) is 9.97. The second-order valence-electron chi connectivity index (χ2n) is 3.71. The maximum absolute atomic E-state index is 10.4. The van der Waals surface area contributed by atoms with E-state index >= 15 is 0 Å². The van der Waals surface area contributed by atoms with Crippen LogP contribution in [0, 0.1) is 20.2 Å². The van der Waals surface area contributed by atoms with E-state index in [2.05, 4.69) is 41.3 Å². The average Bonchev–Trinajstić information content (AvgIpc) is 2.98. The largest absolute Gasteiger partial charge is 0.337 e. The first-order valence-electron chi connectivity index (χ1n) is 5.33. The Labute approximate surface area is 113 Å². The fourth-order valence-corrected chi connectivity index (χ4v) is 1.48. The Balaban J connectivity index is 2.30. The Morgan fingerprint density at radius 3 is 2.38 bits per heavy atom. The summed E-state index contributed by atoms with van der Waals surface area (Å²) < 4.78 is 2.38. The van der Waals surface area contributed by atoms with Crippen LogP contribution in [0.3, 0.4) is 0 Å². The Kier molecular flexibility index (Phi) is 3.77. The summed E-state index contributed by atoms with van der Waals surface area (Å²) in [4.78, 5) is 20.7. The first-order valence-corrected chi connectivity index (χ1v) is 5.33. The van der Waals surface area contributed by atoms with Gasteiger partial charge in [-0.25, -0.2) is 29.6 Å². The smallest absolute Gasteiger partial charge is 0.233 e. The van der Waals surface area contributed by atoms with Crippen molar-refractivity contribution in [2.45, 2.75) is 19.5 Å². The second kappa shape index (κ2) is 5.67. The molecule has 16 heteroatoms. The van der Waals surface area contributed by atoms with E-state index < -0.39 is 16.1 Å². The molecule has 0 spiro atoms. The van der Waals surface area contributed by atoms with E-state index in [0.717, 1.165) is 0 Å². The van der Waals surface area contributed by atoms with Gasteiger partial charge in [-0.2, -0.15) is 10.4 Å². The maximum atomic E-state index is 10.4. The third-order valence-electron chi connectivity index (χ3n) is 2.28. The Morgan fingerprint density at radius 2 is 1.71 bits per heavy atom. The lowest BCUT2D eigenvalue weighted by molar-refractivity contribution is -0.491. The Morgan fingerprint density at radius 1 is 1.14 bits per heavy atom. The van der Waals surface area contributed by atoms with Crippen molar-refractivity contribution in [3.63, 3.8) is 0 Å². The number of nitrogens with zero attached hydrogens (tertiary/aromatic N) is 10. The average molecular weight is 300 g/mol. The summed E-state index contributed by atoms with van der Waals surface area (Å²) in [5.74, 6) is 0. The molecule has 2 heterocycles. The zero-order valence-electron chi connectivity index (χ0n) is 10.4. The van der Waals surface area contributed by atoms with Crippen LogP contribution in [0.2, 0.25) is 0 Å². The topological polar surface area (TPSA) is 204 Å². The predicted octanol–water partition coefficient (Wildman–Crippen LogP) is -3.03. The molecular weight excluding hydrogens is 292 g/mol. The standard InChI is InChI=1S/C5H8N12O4/c1-3(15-5(7-11-13-15)9-17(20)21)2-14-4(6-10-12-14)8-16(18)19/h3H,2H2,1H3,(H,6,8,12)(H,7,9,13). The molecule has 0 saturated carbocycles. The van der Waals surface area contributed by atoms with Crippen LogP contribution >= 0.6 is 0 Å². The summed E-state index contributed by atoms with van der Waals surface area (Å²) in [6.45, 7) is 1.72. The molecule has 2 N–H and O–H groups in total. The molecule has 21 heavy (non-hydrogen) atoms. The van der Waals surface area contributed by atoms with E-state index in [9.17, 15) is 20.2 Å². The minimum absolute atomic E-state index is 0.0778. The zero-order valence-corrected chi connectivity index (χ0v) is 10.4. The van der Waals surface area contributed by atoms with Gasteiger partial charge in [-0.3, -0.25) is 0 Å². The first kappa shape index (κ1) is 14.0. The fraction of sp³-hybridized carbons (Fsp3) is 0.600. The molecule has 0 saturated heterocycles. The van der Waals surface area contributed by atoms with Gasteiger partial charge in [0.25, 0.3) is 0 Å². The summed E-state index contributed by atoms with van der Waals surface area (Å²) in [6, 6.07) is -0.480. The van der Waals surface area contributed by atoms with Crippen molar-refractivity contribution in [1.29, 1.82) is 0 Å². The van der Waals surface area contributed by atoms with Crippen molar-refractivity contribution in [2.75, 3.05) is 0 Å². The van der Waals surface area contributed by atoms with Crippen molar-refractivity contribution in [3.8, 4) is 0 Å². The molecule has 0 amide bonds. The lowest BCUT2D eigenvalue weighted by atomic mass is 10.3. The van der Waals surface area contributed by atoms with Gasteiger partial charge in [0.15, 0.2) is 10.1 Å². The molecule has 0 aromatic carbocycles. The van der Waals surface area contributed by atoms with Crippen molar-refractivity contribution >= 4 is 0 Å². The van der Waals surface area contributed by atoms with E-state index in [4.69, 9.17) is 0 Å². The number of nitro groups is 2. The third kappa shape index (κ3) is 3.30. The van der Waals surface area contributed by atoms with Crippen LogP contribution in [0.15, 0.2) is 10.2 Å². The SMILES string of the molecule is CC(Cn1[nH]nnc1=N[N+](=O)[O-])n1[nH]nnc1=N[N+](=O)[O-]. The molecule has 1 atom stereocenters. The monoisotopic (exact) mass is 300 g/mol. The molecule has 0 aliphatic heterocycles. The van der Waals surface area contributed by atoms with Crippen molar-refractivity contribution < 1.29 is 10.1 Å². The number of hydrogen-bond donors (Lipinski definition) is 2. The molecule has 16 nitrogen and oxygen atoms in total. The number of hydrogen-bond acceptors (Lipinski definition) is 8. The van der Waals surface area contributed by atoms with Gasteiger partial charge in [-0.15, -0.1) is 0 Å². The number of tetrazole rings is 2. The highest BCUT2D eigenvalue weighted by atomic mass is 16.7. The zero-order chi connectivity index (χ0) is 15.4. The third-order valence-corrected chi connectivity index (χ3v) is 2.28. The van der Waals surface area contributed by atoms with Crippen LogP contribution in [0.5, 0.6) is 0 Å². The summed E-state index contributed by atoms with van der Waals surface area (Å²) in [6.07, 6.45) is 0. The highest BCUT2D eigenvalue weighted by Gasteiger charge is 2.13. The van der Waals surface area contributed by atoms with Gasteiger partial charge in [0, 0.05) is 0 Å². The van der Waals surface area contributed by atoms with E-state index in [1.807, 2.05) is 0 Å².